The molecule has 0 amide bonds. The average molecular weight is 245 g/mol. The van der Waals surface area contributed by atoms with Crippen molar-refractivity contribution in [2.75, 3.05) is 17.2 Å². The van der Waals surface area contributed by atoms with Crippen LogP contribution in [0.4, 0.5) is 17.1 Å². The van der Waals surface area contributed by atoms with Crippen molar-refractivity contribution in [3.8, 4) is 0 Å². The topological polar surface area (TPSA) is 78.1 Å². The average Bonchev–Trinajstić information content (AvgIpc) is 2.40. The lowest BCUT2D eigenvalue weighted by Crippen LogP contribution is -1.86. The molecule has 0 aromatic heterocycles. The fraction of sp³-hybridized carbons (Fsp3) is 0.200. The Morgan fingerprint density at radius 3 is 1.00 bits per heavy atom. The lowest BCUT2D eigenvalue weighted by atomic mass is 10.2. The van der Waals surface area contributed by atoms with Crippen LogP contribution in [0, 0.1) is 6.92 Å². The third-order valence-corrected chi connectivity index (χ3v) is 2.01. The van der Waals surface area contributed by atoms with Crippen molar-refractivity contribution in [2.24, 2.45) is 0 Å². The number of hydrogen-bond donors (Lipinski definition) is 3. The van der Waals surface area contributed by atoms with Crippen molar-refractivity contribution in [3.63, 3.8) is 0 Å². The second kappa shape index (κ2) is 8.93. The molecule has 0 aliphatic rings. The summed E-state index contributed by atoms with van der Waals surface area (Å²) in [6.45, 7) is 6.04. The van der Waals surface area contributed by atoms with Crippen LogP contribution in [0.3, 0.4) is 0 Å². The lowest BCUT2D eigenvalue weighted by molar-refractivity contribution is 1.47. The molecule has 0 bridgehead atoms. The Labute approximate surface area is 110 Å². The zero-order valence-corrected chi connectivity index (χ0v) is 11.4. The predicted octanol–water partition coefficient (Wildman–Crippen LogP) is 3.45. The van der Waals surface area contributed by atoms with E-state index >= 15 is 0 Å². The molecule has 3 heteroatoms. The van der Waals surface area contributed by atoms with E-state index in [0.717, 1.165) is 17.1 Å². The monoisotopic (exact) mass is 245 g/mol. The number of nitrogen functional groups attached to an aromatic ring is 3. The van der Waals surface area contributed by atoms with Gasteiger partial charge < -0.3 is 17.2 Å². The smallest absolute Gasteiger partial charge is 0.0315 e. The maximum absolute atomic E-state index is 5.43. The highest BCUT2D eigenvalue weighted by Gasteiger charge is 1.81. The maximum atomic E-state index is 5.43. The number of rotatable bonds is 0. The quantitative estimate of drug-likeness (QED) is 0.622. The Bertz CT molecular complexity index is 333. The Morgan fingerprint density at radius 1 is 0.556 bits per heavy atom. The van der Waals surface area contributed by atoms with E-state index in [2.05, 4.69) is 0 Å². The minimum Gasteiger partial charge on any atom is -0.399 e. The van der Waals surface area contributed by atoms with Crippen LogP contribution in [0.5, 0.6) is 0 Å². The molecule has 0 heterocycles. The van der Waals surface area contributed by atoms with Gasteiger partial charge in [0.1, 0.15) is 0 Å². The molecule has 3 nitrogen and oxygen atoms in total. The Morgan fingerprint density at radius 2 is 0.778 bits per heavy atom. The predicted molar refractivity (Wildman–Crippen MR) is 82.2 cm³/mol. The molecule has 0 saturated heterocycles. The van der Waals surface area contributed by atoms with E-state index < -0.39 is 0 Å². The zero-order valence-electron chi connectivity index (χ0n) is 11.4. The molecular weight excluding hydrogens is 222 g/mol. The van der Waals surface area contributed by atoms with Crippen LogP contribution < -0.4 is 17.2 Å². The van der Waals surface area contributed by atoms with Crippen LogP contribution in [-0.4, -0.2) is 0 Å². The van der Waals surface area contributed by atoms with Gasteiger partial charge in [-0.15, -0.1) is 0 Å². The van der Waals surface area contributed by atoms with Crippen molar-refractivity contribution in [3.05, 3.63) is 54.1 Å². The maximum Gasteiger partial charge on any atom is 0.0315 e. The minimum atomic E-state index is 0.749. The van der Waals surface area contributed by atoms with E-state index in [1.807, 2.05) is 45.0 Å². The highest BCUT2D eigenvalue weighted by Crippen LogP contribution is 2.05. The largest absolute Gasteiger partial charge is 0.399 e. The summed E-state index contributed by atoms with van der Waals surface area (Å²) in [5.74, 6) is 0. The standard InChI is InChI=1S/C7H9N.C6H8N2.C2H6/c1-6-2-4-7(8)5-3-6;7-5-1-2-6(8)4-3-5;1-2/h2-5H,8H2,1H3;1-4H,7-8H2;1-2H3. The molecule has 98 valence electrons. The van der Waals surface area contributed by atoms with Crippen molar-refractivity contribution in [1.82, 2.24) is 0 Å². The van der Waals surface area contributed by atoms with Crippen molar-refractivity contribution < 1.29 is 0 Å². The number of benzene rings is 2. The minimum absolute atomic E-state index is 0.749. The van der Waals surface area contributed by atoms with E-state index in [1.54, 1.807) is 24.3 Å². The first-order chi connectivity index (χ1) is 8.58. The molecule has 0 unspecified atom stereocenters. The molecule has 0 radical (unpaired) electrons. The molecule has 0 spiro atoms. The Balaban J connectivity index is 0.000000283. The number of aryl methyl sites for hydroxylation is 1. The summed E-state index contributed by atoms with van der Waals surface area (Å²) in [5.41, 5.74) is 19.7. The van der Waals surface area contributed by atoms with E-state index in [4.69, 9.17) is 17.2 Å². The third kappa shape index (κ3) is 7.17. The Hall–Kier alpha value is -2.16. The van der Waals surface area contributed by atoms with Crippen LogP contribution in [0.1, 0.15) is 19.4 Å². The van der Waals surface area contributed by atoms with Gasteiger partial charge in [0.15, 0.2) is 0 Å². The van der Waals surface area contributed by atoms with Crippen LogP contribution >= 0.6 is 0 Å². The summed E-state index contributed by atoms with van der Waals surface area (Å²) in [4.78, 5) is 0. The van der Waals surface area contributed by atoms with Gasteiger partial charge in [-0.25, -0.2) is 0 Å². The van der Waals surface area contributed by atoms with Crippen LogP contribution in [0.15, 0.2) is 48.5 Å². The molecule has 2 rings (SSSR count). The molecular formula is C15H23N3. The summed E-state index contributed by atoms with van der Waals surface area (Å²) in [6.07, 6.45) is 0. The lowest BCUT2D eigenvalue weighted by Gasteiger charge is -1.90. The molecule has 0 aliphatic heterocycles. The van der Waals surface area contributed by atoms with Gasteiger partial charge in [0.05, 0.1) is 0 Å². The fourth-order valence-electron chi connectivity index (χ4n) is 1.06. The number of anilines is 3. The van der Waals surface area contributed by atoms with Gasteiger partial charge in [-0.1, -0.05) is 31.5 Å². The molecule has 2 aromatic carbocycles. The fourth-order valence-corrected chi connectivity index (χ4v) is 1.06. The SMILES string of the molecule is CC.Cc1ccc(N)cc1.Nc1ccc(N)cc1. The first kappa shape index (κ1) is 15.8. The van der Waals surface area contributed by atoms with Gasteiger partial charge in [0.2, 0.25) is 0 Å². The van der Waals surface area contributed by atoms with E-state index in [0.29, 0.717) is 0 Å². The van der Waals surface area contributed by atoms with Gasteiger partial charge in [-0.2, -0.15) is 0 Å². The summed E-state index contributed by atoms with van der Waals surface area (Å²) in [6, 6.07) is 14.9. The highest BCUT2D eigenvalue weighted by molar-refractivity contribution is 5.47. The molecule has 18 heavy (non-hydrogen) atoms. The molecule has 0 atom stereocenters. The normalized spacial score (nSPS) is 8.39. The van der Waals surface area contributed by atoms with Crippen LogP contribution in [0.2, 0.25) is 0 Å². The molecule has 0 fully saturated rings. The van der Waals surface area contributed by atoms with Crippen molar-refractivity contribution >= 4 is 17.1 Å². The van der Waals surface area contributed by atoms with Gasteiger partial charge in [0, 0.05) is 17.1 Å². The number of nitrogens with two attached hydrogens (primary N) is 3. The van der Waals surface area contributed by atoms with Crippen molar-refractivity contribution in [2.45, 2.75) is 20.8 Å². The number of hydrogen-bond acceptors (Lipinski definition) is 3. The van der Waals surface area contributed by atoms with Crippen molar-refractivity contribution in [1.29, 1.82) is 0 Å². The second-order valence-electron chi connectivity index (χ2n) is 3.58. The summed E-state index contributed by atoms with van der Waals surface area (Å²) >= 11 is 0. The van der Waals surface area contributed by atoms with Crippen LogP contribution in [0.25, 0.3) is 0 Å². The van der Waals surface area contributed by atoms with Gasteiger partial charge in [0.25, 0.3) is 0 Å². The summed E-state index contributed by atoms with van der Waals surface area (Å²) in [7, 11) is 0. The Kier molecular flexibility index (Phi) is 7.86. The first-order valence-corrected chi connectivity index (χ1v) is 6.01. The zero-order chi connectivity index (χ0) is 14.0. The van der Waals surface area contributed by atoms with Gasteiger partial charge in [-0.3, -0.25) is 0 Å². The molecule has 6 N–H and O–H groups in total. The summed E-state index contributed by atoms with van der Waals surface area (Å²) < 4.78 is 0. The van der Waals surface area contributed by atoms with E-state index in [1.165, 1.54) is 5.56 Å². The third-order valence-electron chi connectivity index (χ3n) is 2.01. The first-order valence-electron chi connectivity index (χ1n) is 6.01. The van der Waals surface area contributed by atoms with Gasteiger partial charge >= 0.3 is 0 Å². The molecule has 2 aromatic rings. The van der Waals surface area contributed by atoms with E-state index in [-0.39, 0.29) is 0 Å². The van der Waals surface area contributed by atoms with Crippen LogP contribution in [-0.2, 0) is 0 Å². The second-order valence-corrected chi connectivity index (χ2v) is 3.58. The van der Waals surface area contributed by atoms with E-state index in [9.17, 15) is 0 Å². The van der Waals surface area contributed by atoms with Gasteiger partial charge in [-0.05, 0) is 43.3 Å². The highest BCUT2D eigenvalue weighted by atomic mass is 14.6. The molecule has 0 aliphatic carbocycles. The molecule has 0 saturated carbocycles. The summed E-state index contributed by atoms with van der Waals surface area (Å²) in [5, 5.41) is 0.